The Balaban J connectivity index is 0.000000810. The Kier molecular flexibility index (Phi) is 5.04. The molecule has 0 saturated carbocycles. The van der Waals surface area contributed by atoms with Crippen LogP contribution in [-0.2, 0) is 13.7 Å². The van der Waals surface area contributed by atoms with Crippen LogP contribution in [-0.4, -0.2) is 47.8 Å². The molecule has 0 radical (unpaired) electrons. The average Bonchev–Trinajstić information content (AvgIpc) is 1.59. The van der Waals surface area contributed by atoms with E-state index in [-0.39, 0.29) is 25.8 Å². The Labute approximate surface area is 76.8 Å². The second-order valence-electron chi connectivity index (χ2n) is 1.27. The first-order valence-corrected chi connectivity index (χ1v) is 2.12. The molecule has 1 aliphatic heterocycles. The molecule has 1 rings (SSSR count). The minimum Gasteiger partial charge on any atom is -0.833 e. The van der Waals surface area contributed by atoms with Crippen LogP contribution in [0.5, 0.6) is 0 Å². The summed E-state index contributed by atoms with van der Waals surface area (Å²) in [7, 11) is -6.03. The Morgan fingerprint density at radius 3 is 1.10 bits per heavy atom. The minimum absolute atomic E-state index is 0. The van der Waals surface area contributed by atoms with Gasteiger partial charge in [-0.3, -0.25) is 0 Å². The molecule has 1 heterocycles. The van der Waals surface area contributed by atoms with E-state index in [0.717, 1.165) is 0 Å². The molecule has 0 N–H and O–H groups in total. The molecule has 1 saturated heterocycles. The van der Waals surface area contributed by atoms with Gasteiger partial charge in [-0.25, -0.2) is 0 Å². The molecule has 0 spiro atoms. The van der Waals surface area contributed by atoms with Crippen LogP contribution in [0.1, 0.15) is 0 Å². The molecule has 6 nitrogen and oxygen atoms in total. The Hall–Kier alpha value is 0.825. The van der Waals surface area contributed by atoms with Gasteiger partial charge >= 0.3 is 47.8 Å². The molecule has 0 unspecified atom stereocenters. The third kappa shape index (κ3) is 3.29. The molecular formula is B3InO6. The van der Waals surface area contributed by atoms with Crippen molar-refractivity contribution in [3.05, 3.63) is 0 Å². The maximum atomic E-state index is 10.0. The van der Waals surface area contributed by atoms with Crippen LogP contribution in [0, 0.1) is 0 Å². The zero-order valence-corrected chi connectivity index (χ0v) is 8.05. The van der Waals surface area contributed by atoms with E-state index in [9.17, 15) is 15.1 Å². The van der Waals surface area contributed by atoms with E-state index in [1.54, 1.807) is 0 Å². The second-order valence-corrected chi connectivity index (χ2v) is 1.27. The van der Waals surface area contributed by atoms with Crippen LogP contribution in [0.3, 0.4) is 0 Å². The van der Waals surface area contributed by atoms with E-state index in [2.05, 4.69) is 13.7 Å². The van der Waals surface area contributed by atoms with Crippen molar-refractivity contribution < 1.29 is 28.8 Å². The number of hydrogen-bond donors (Lipinski definition) is 0. The first-order chi connectivity index (χ1) is 4.18. The van der Waals surface area contributed by atoms with Crippen LogP contribution in [0.4, 0.5) is 0 Å². The summed E-state index contributed by atoms with van der Waals surface area (Å²) in [4.78, 5) is 0. The zero-order valence-electron chi connectivity index (χ0n) is 4.76. The summed E-state index contributed by atoms with van der Waals surface area (Å²) < 4.78 is 11.4. The van der Waals surface area contributed by atoms with Gasteiger partial charge in [0.05, 0.1) is 0 Å². The summed E-state index contributed by atoms with van der Waals surface area (Å²) in [5.41, 5.74) is 0. The van der Waals surface area contributed by atoms with E-state index in [1.165, 1.54) is 0 Å². The van der Waals surface area contributed by atoms with E-state index < -0.39 is 22.0 Å². The van der Waals surface area contributed by atoms with Crippen molar-refractivity contribution in [3.63, 3.8) is 0 Å². The molecule has 10 heteroatoms. The molecule has 10 heavy (non-hydrogen) atoms. The van der Waals surface area contributed by atoms with Crippen molar-refractivity contribution in [2.45, 2.75) is 0 Å². The zero-order chi connectivity index (χ0) is 6.85. The minimum atomic E-state index is -2.01. The standard InChI is InChI=1S/B3O6.In/c4-1-7-2(5)9-3(6)8-1;/q-3;+3. The molecule has 0 aromatic heterocycles. The van der Waals surface area contributed by atoms with Crippen LogP contribution in [0.15, 0.2) is 0 Å². The molecule has 0 atom stereocenters. The Morgan fingerprint density at radius 2 is 0.900 bits per heavy atom. The van der Waals surface area contributed by atoms with Gasteiger partial charge in [-0.1, -0.05) is 0 Å². The van der Waals surface area contributed by atoms with E-state index in [0.29, 0.717) is 0 Å². The van der Waals surface area contributed by atoms with Crippen molar-refractivity contribution in [1.29, 1.82) is 0 Å². The molecule has 0 aliphatic carbocycles. The Morgan fingerprint density at radius 1 is 0.700 bits per heavy atom. The Bertz CT molecular complexity index is 74.0. The van der Waals surface area contributed by atoms with Crippen LogP contribution in [0.25, 0.3) is 0 Å². The second kappa shape index (κ2) is 4.65. The largest absolute Gasteiger partial charge is 3.00 e. The van der Waals surface area contributed by atoms with Crippen molar-refractivity contribution in [2.75, 3.05) is 0 Å². The molecule has 1 aliphatic rings. The summed E-state index contributed by atoms with van der Waals surface area (Å²) in [5, 5.41) is 30.1. The van der Waals surface area contributed by atoms with E-state index in [1.807, 2.05) is 0 Å². The normalized spacial score (nSPS) is 18.9. The van der Waals surface area contributed by atoms with Gasteiger partial charge in [0, 0.05) is 0 Å². The van der Waals surface area contributed by atoms with Gasteiger partial charge in [-0.05, 0) is 0 Å². The first-order valence-electron chi connectivity index (χ1n) is 2.12. The van der Waals surface area contributed by atoms with Gasteiger partial charge in [0.15, 0.2) is 0 Å². The van der Waals surface area contributed by atoms with Crippen LogP contribution < -0.4 is 15.1 Å². The fraction of sp³-hybridized carbons (Fsp3) is 0. The predicted octanol–water partition coefficient (Wildman–Crippen LogP) is -5.30. The summed E-state index contributed by atoms with van der Waals surface area (Å²) in [6, 6.07) is 0. The third-order valence-electron chi connectivity index (χ3n) is 0.667. The summed E-state index contributed by atoms with van der Waals surface area (Å²) in [5.74, 6) is 0. The van der Waals surface area contributed by atoms with Crippen LogP contribution in [0.2, 0.25) is 0 Å². The average molecular weight is 243 g/mol. The van der Waals surface area contributed by atoms with Gasteiger partial charge in [-0.2, -0.15) is 0 Å². The summed E-state index contributed by atoms with van der Waals surface area (Å²) >= 11 is 0. The quantitative estimate of drug-likeness (QED) is 0.394. The molecular weight excluding hydrogens is 243 g/mol. The van der Waals surface area contributed by atoms with E-state index in [4.69, 9.17) is 0 Å². The smallest absolute Gasteiger partial charge is 0.833 e. The van der Waals surface area contributed by atoms with Gasteiger partial charge in [0.1, 0.15) is 0 Å². The fourth-order valence-electron chi connectivity index (χ4n) is 0.368. The SMILES string of the molecule is [In+3].[O-]B1OB([O-])OB([O-])O1. The molecule has 0 bridgehead atoms. The van der Waals surface area contributed by atoms with Crippen molar-refractivity contribution >= 4 is 47.8 Å². The monoisotopic (exact) mass is 244 g/mol. The maximum Gasteiger partial charge on any atom is 3.00 e. The van der Waals surface area contributed by atoms with Gasteiger partial charge in [0.25, 0.3) is 0 Å². The predicted molar refractivity (Wildman–Crippen MR) is 26.3 cm³/mol. The van der Waals surface area contributed by atoms with Crippen molar-refractivity contribution in [3.8, 4) is 0 Å². The van der Waals surface area contributed by atoms with Crippen molar-refractivity contribution in [1.82, 2.24) is 0 Å². The van der Waals surface area contributed by atoms with Gasteiger partial charge in [-0.15, -0.1) is 0 Å². The molecule has 0 aromatic carbocycles. The van der Waals surface area contributed by atoms with Crippen LogP contribution >= 0.6 is 0 Å². The molecule has 0 aromatic rings. The summed E-state index contributed by atoms with van der Waals surface area (Å²) in [6.07, 6.45) is 0. The molecule has 1 fully saturated rings. The first kappa shape index (κ1) is 10.8. The van der Waals surface area contributed by atoms with Crippen molar-refractivity contribution in [2.24, 2.45) is 0 Å². The molecule has 0 amide bonds. The third-order valence-corrected chi connectivity index (χ3v) is 0.667. The molecule has 48 valence electrons. The number of hydrogen-bond acceptors (Lipinski definition) is 6. The fourth-order valence-corrected chi connectivity index (χ4v) is 0.368. The maximum absolute atomic E-state index is 10.0. The number of rotatable bonds is 0. The van der Waals surface area contributed by atoms with Gasteiger partial charge < -0.3 is 28.8 Å². The van der Waals surface area contributed by atoms with Gasteiger partial charge in [0.2, 0.25) is 0 Å². The topological polar surface area (TPSA) is 96.9 Å². The summed E-state index contributed by atoms with van der Waals surface area (Å²) in [6.45, 7) is 0. The van der Waals surface area contributed by atoms with E-state index >= 15 is 0 Å².